The van der Waals surface area contributed by atoms with Gasteiger partial charge in [0, 0.05) is 30.6 Å². The Morgan fingerprint density at radius 2 is 2.05 bits per heavy atom. The van der Waals surface area contributed by atoms with Crippen molar-refractivity contribution in [2.75, 3.05) is 13.1 Å². The maximum absolute atomic E-state index is 13.5. The molecule has 0 unspecified atom stereocenters. The third kappa shape index (κ3) is 4.22. The monoisotopic (exact) mass is 314 g/mol. The number of carbonyl (C=O) groups excluding carboxylic acids is 1. The minimum absolute atomic E-state index is 0.0232. The van der Waals surface area contributed by atoms with Gasteiger partial charge in [-0.1, -0.05) is 0 Å². The molecule has 0 atom stereocenters. The van der Waals surface area contributed by atoms with Crippen LogP contribution in [0.1, 0.15) is 43.1 Å². The van der Waals surface area contributed by atoms with Gasteiger partial charge in [-0.25, -0.2) is 13.2 Å². The van der Waals surface area contributed by atoms with Gasteiger partial charge in [0.25, 0.3) is 11.8 Å². The molecule has 0 saturated carbocycles. The number of carbonyl (C=O) groups is 1. The first kappa shape index (κ1) is 16.8. The lowest BCUT2D eigenvalue weighted by Crippen LogP contribution is -2.36. The molecule has 1 fully saturated rings. The van der Waals surface area contributed by atoms with Gasteiger partial charge in [0.1, 0.15) is 5.82 Å². The van der Waals surface area contributed by atoms with Crippen molar-refractivity contribution >= 4 is 5.91 Å². The summed E-state index contributed by atoms with van der Waals surface area (Å²) < 4.78 is 40.0. The summed E-state index contributed by atoms with van der Waals surface area (Å²) in [6.07, 6.45) is -0.324. The van der Waals surface area contributed by atoms with Gasteiger partial charge in [-0.05, 0) is 44.5 Å². The first-order valence-electron chi connectivity index (χ1n) is 7.28. The second kappa shape index (κ2) is 5.91. The van der Waals surface area contributed by atoms with Crippen LogP contribution in [0.3, 0.4) is 0 Å². The van der Waals surface area contributed by atoms with Crippen molar-refractivity contribution in [3.05, 3.63) is 35.1 Å². The summed E-state index contributed by atoms with van der Waals surface area (Å²) in [6.45, 7) is 5.61. The third-order valence-corrected chi connectivity index (χ3v) is 3.56. The van der Waals surface area contributed by atoms with Crippen molar-refractivity contribution in [3.63, 3.8) is 0 Å². The van der Waals surface area contributed by atoms with E-state index in [9.17, 15) is 18.0 Å². The molecule has 1 aliphatic rings. The fourth-order valence-corrected chi connectivity index (χ4v) is 2.36. The predicted molar refractivity (Wildman–Crippen MR) is 78.5 cm³/mol. The molecule has 0 radical (unpaired) electrons. The average molecular weight is 314 g/mol. The van der Waals surface area contributed by atoms with Crippen molar-refractivity contribution < 1.29 is 18.0 Å². The van der Waals surface area contributed by atoms with E-state index in [0.29, 0.717) is 12.1 Å². The van der Waals surface area contributed by atoms with Gasteiger partial charge in [0.2, 0.25) is 0 Å². The quantitative estimate of drug-likeness (QED) is 0.929. The molecule has 6 heteroatoms. The molecule has 1 amide bonds. The molecular formula is C16H21F3N2O. The van der Waals surface area contributed by atoms with E-state index < -0.39 is 24.2 Å². The van der Waals surface area contributed by atoms with Crippen LogP contribution < -0.4 is 5.32 Å². The second-order valence-electron chi connectivity index (χ2n) is 6.74. The Kier molecular flexibility index (Phi) is 4.52. The summed E-state index contributed by atoms with van der Waals surface area (Å²) >= 11 is 0. The van der Waals surface area contributed by atoms with Crippen LogP contribution in [0.2, 0.25) is 0 Å². The highest BCUT2D eigenvalue weighted by molar-refractivity contribution is 5.96. The van der Waals surface area contributed by atoms with Crippen LogP contribution in [0.4, 0.5) is 13.2 Å². The van der Waals surface area contributed by atoms with E-state index in [1.165, 1.54) is 18.2 Å². The molecule has 1 heterocycles. The van der Waals surface area contributed by atoms with Crippen molar-refractivity contribution in [1.82, 2.24) is 10.2 Å². The van der Waals surface area contributed by atoms with E-state index >= 15 is 0 Å². The minimum Gasteiger partial charge on any atom is -0.332 e. The highest BCUT2D eigenvalue weighted by atomic mass is 19.3. The Morgan fingerprint density at radius 1 is 1.36 bits per heavy atom. The van der Waals surface area contributed by atoms with Gasteiger partial charge in [0.15, 0.2) is 0 Å². The lowest BCUT2D eigenvalue weighted by molar-refractivity contribution is 0.0120. The molecule has 0 aromatic heterocycles. The summed E-state index contributed by atoms with van der Waals surface area (Å²) in [5.74, 6) is -3.75. The number of halogens is 3. The molecule has 2 rings (SSSR count). The maximum atomic E-state index is 13.5. The molecule has 1 saturated heterocycles. The summed E-state index contributed by atoms with van der Waals surface area (Å²) in [5, 5.41) is 3.18. The maximum Gasteiger partial charge on any atom is 0.267 e. The Hall–Kier alpha value is -1.56. The lowest BCUT2D eigenvalue weighted by atomic mass is 10.0. The molecule has 22 heavy (non-hydrogen) atoms. The van der Waals surface area contributed by atoms with Crippen LogP contribution in [0, 0.1) is 5.82 Å². The van der Waals surface area contributed by atoms with Crippen LogP contribution in [-0.4, -0.2) is 35.4 Å². The number of likely N-dealkylation sites (tertiary alicyclic amines) is 1. The van der Waals surface area contributed by atoms with Gasteiger partial charge in [-0.3, -0.25) is 4.79 Å². The highest BCUT2D eigenvalue weighted by Gasteiger charge is 2.40. The minimum atomic E-state index is -2.83. The van der Waals surface area contributed by atoms with Crippen LogP contribution in [0.25, 0.3) is 0 Å². The predicted octanol–water partition coefficient (Wildman–Crippen LogP) is 3.20. The number of nitrogens with zero attached hydrogens (tertiary/aromatic N) is 1. The van der Waals surface area contributed by atoms with Crippen molar-refractivity contribution in [2.24, 2.45) is 0 Å². The molecule has 0 spiro atoms. The fourth-order valence-electron chi connectivity index (χ4n) is 2.36. The van der Waals surface area contributed by atoms with E-state index in [2.05, 4.69) is 5.32 Å². The second-order valence-corrected chi connectivity index (χ2v) is 6.74. The lowest BCUT2D eigenvalue weighted by Gasteiger charge is -2.23. The topological polar surface area (TPSA) is 32.3 Å². The summed E-state index contributed by atoms with van der Waals surface area (Å²) in [7, 11) is 0. The Bertz CT molecular complexity index is 567. The molecule has 1 aromatic carbocycles. The Balaban J connectivity index is 2.21. The van der Waals surface area contributed by atoms with Crippen molar-refractivity contribution in [3.8, 4) is 0 Å². The number of hydrogen-bond acceptors (Lipinski definition) is 2. The van der Waals surface area contributed by atoms with E-state index in [-0.39, 0.29) is 24.1 Å². The molecule has 0 aliphatic carbocycles. The fraction of sp³-hybridized carbons (Fsp3) is 0.562. The average Bonchev–Trinajstić information content (AvgIpc) is 2.75. The van der Waals surface area contributed by atoms with Crippen LogP contribution in [-0.2, 0) is 6.54 Å². The molecule has 122 valence electrons. The zero-order valence-corrected chi connectivity index (χ0v) is 13.0. The van der Waals surface area contributed by atoms with Gasteiger partial charge in [-0.2, -0.15) is 0 Å². The van der Waals surface area contributed by atoms with Crippen LogP contribution >= 0.6 is 0 Å². The Morgan fingerprint density at radius 3 is 2.59 bits per heavy atom. The SMILES string of the molecule is CC(C)(C)NCc1cc(F)ccc1C(=O)N1CCC(F)(F)C1. The summed E-state index contributed by atoms with van der Waals surface area (Å²) in [4.78, 5) is 13.6. The summed E-state index contributed by atoms with van der Waals surface area (Å²) in [5.41, 5.74) is 0.554. The number of alkyl halides is 2. The van der Waals surface area contributed by atoms with Crippen molar-refractivity contribution in [1.29, 1.82) is 0 Å². The number of rotatable bonds is 3. The normalized spacial score (nSPS) is 17.8. The van der Waals surface area contributed by atoms with Gasteiger partial charge >= 0.3 is 0 Å². The van der Waals surface area contributed by atoms with E-state index in [1.54, 1.807) is 0 Å². The number of nitrogens with one attached hydrogen (secondary N) is 1. The van der Waals surface area contributed by atoms with E-state index in [0.717, 1.165) is 4.90 Å². The third-order valence-electron chi connectivity index (χ3n) is 3.56. The van der Waals surface area contributed by atoms with Gasteiger partial charge in [0.05, 0.1) is 6.54 Å². The molecule has 3 nitrogen and oxygen atoms in total. The molecular weight excluding hydrogens is 293 g/mol. The number of amides is 1. The largest absolute Gasteiger partial charge is 0.332 e. The smallest absolute Gasteiger partial charge is 0.267 e. The Labute approximate surface area is 128 Å². The van der Waals surface area contributed by atoms with Gasteiger partial charge in [-0.15, -0.1) is 0 Å². The highest BCUT2D eigenvalue weighted by Crippen LogP contribution is 2.28. The van der Waals surface area contributed by atoms with E-state index in [1.807, 2.05) is 20.8 Å². The molecule has 1 aliphatic heterocycles. The number of hydrogen-bond donors (Lipinski definition) is 1. The van der Waals surface area contributed by atoms with Gasteiger partial charge < -0.3 is 10.2 Å². The summed E-state index contributed by atoms with van der Waals surface area (Å²) in [6, 6.07) is 3.83. The van der Waals surface area contributed by atoms with E-state index in [4.69, 9.17) is 0 Å². The molecule has 1 aromatic rings. The zero-order chi connectivity index (χ0) is 16.5. The number of benzene rings is 1. The van der Waals surface area contributed by atoms with Crippen LogP contribution in [0.15, 0.2) is 18.2 Å². The van der Waals surface area contributed by atoms with Crippen molar-refractivity contribution in [2.45, 2.75) is 45.2 Å². The molecule has 0 bridgehead atoms. The molecule has 1 N–H and O–H groups in total. The van der Waals surface area contributed by atoms with Crippen LogP contribution in [0.5, 0.6) is 0 Å². The standard InChI is InChI=1S/C16H21F3N2O/c1-15(2,3)20-9-11-8-12(17)4-5-13(11)14(22)21-7-6-16(18,19)10-21/h4-5,8,20H,6-7,9-10H2,1-3H3. The zero-order valence-electron chi connectivity index (χ0n) is 13.0. The first-order valence-corrected chi connectivity index (χ1v) is 7.28. The first-order chi connectivity index (χ1) is 10.1.